The van der Waals surface area contributed by atoms with E-state index >= 15 is 0 Å². The Kier molecular flexibility index (Phi) is 2.69. The second-order valence-electron chi connectivity index (χ2n) is 2.79. The van der Waals surface area contributed by atoms with Crippen molar-refractivity contribution in [2.75, 3.05) is 0 Å². The standard InChI is InChI=1S/C10H8ClNO/c1-6-8(5-12)3-9(11)4-10(6)7(2)13/h3-4H,1-2H3. The van der Waals surface area contributed by atoms with Gasteiger partial charge in [-0.2, -0.15) is 5.26 Å². The second-order valence-corrected chi connectivity index (χ2v) is 3.23. The predicted molar refractivity (Wildman–Crippen MR) is 50.9 cm³/mol. The molecule has 0 aliphatic heterocycles. The number of nitrogens with zero attached hydrogens (tertiary/aromatic N) is 1. The topological polar surface area (TPSA) is 40.9 Å². The van der Waals surface area contributed by atoms with E-state index in [-0.39, 0.29) is 5.78 Å². The monoisotopic (exact) mass is 193 g/mol. The molecule has 1 aromatic carbocycles. The first-order chi connectivity index (χ1) is 6.06. The number of nitriles is 1. The van der Waals surface area contributed by atoms with Crippen molar-refractivity contribution in [1.82, 2.24) is 0 Å². The van der Waals surface area contributed by atoms with Crippen LogP contribution in [0.5, 0.6) is 0 Å². The zero-order valence-electron chi connectivity index (χ0n) is 7.39. The third kappa shape index (κ3) is 1.88. The van der Waals surface area contributed by atoms with Crippen molar-refractivity contribution in [3.8, 4) is 6.07 Å². The SMILES string of the molecule is CC(=O)c1cc(Cl)cc(C#N)c1C. The number of hydrogen-bond acceptors (Lipinski definition) is 2. The van der Waals surface area contributed by atoms with Gasteiger partial charge in [0.2, 0.25) is 0 Å². The largest absolute Gasteiger partial charge is 0.294 e. The molecule has 0 aliphatic carbocycles. The predicted octanol–water partition coefficient (Wildman–Crippen LogP) is 2.72. The highest BCUT2D eigenvalue weighted by molar-refractivity contribution is 6.31. The summed E-state index contributed by atoms with van der Waals surface area (Å²) < 4.78 is 0. The molecule has 0 saturated carbocycles. The van der Waals surface area contributed by atoms with Gasteiger partial charge in [0.15, 0.2) is 5.78 Å². The number of halogens is 1. The van der Waals surface area contributed by atoms with E-state index < -0.39 is 0 Å². The van der Waals surface area contributed by atoms with Crippen LogP contribution in [0.15, 0.2) is 12.1 Å². The highest BCUT2D eigenvalue weighted by Crippen LogP contribution is 2.20. The van der Waals surface area contributed by atoms with Gasteiger partial charge < -0.3 is 0 Å². The summed E-state index contributed by atoms with van der Waals surface area (Å²) in [5, 5.41) is 9.15. The molecule has 1 rings (SSSR count). The molecule has 1 aromatic rings. The first kappa shape index (κ1) is 9.76. The fourth-order valence-electron chi connectivity index (χ4n) is 1.16. The Morgan fingerprint density at radius 1 is 1.54 bits per heavy atom. The minimum atomic E-state index is -0.0727. The quantitative estimate of drug-likeness (QED) is 0.644. The fraction of sp³-hybridized carbons (Fsp3) is 0.200. The Balaban J connectivity index is 3.47. The molecule has 0 radical (unpaired) electrons. The summed E-state index contributed by atoms with van der Waals surface area (Å²) in [7, 11) is 0. The van der Waals surface area contributed by atoms with Gasteiger partial charge >= 0.3 is 0 Å². The van der Waals surface area contributed by atoms with E-state index in [2.05, 4.69) is 0 Å². The van der Waals surface area contributed by atoms with Crippen LogP contribution in [0.1, 0.15) is 28.4 Å². The molecule has 0 aliphatic rings. The molecule has 0 fully saturated rings. The van der Waals surface area contributed by atoms with Crippen LogP contribution in [0.3, 0.4) is 0 Å². The Morgan fingerprint density at radius 2 is 2.15 bits per heavy atom. The van der Waals surface area contributed by atoms with E-state index in [1.54, 1.807) is 19.1 Å². The van der Waals surface area contributed by atoms with E-state index in [0.29, 0.717) is 21.7 Å². The Morgan fingerprint density at radius 3 is 2.62 bits per heavy atom. The van der Waals surface area contributed by atoms with Crippen LogP contribution >= 0.6 is 11.6 Å². The molecule has 3 heteroatoms. The zero-order chi connectivity index (χ0) is 10.0. The lowest BCUT2D eigenvalue weighted by atomic mass is 10.0. The number of carbonyl (C=O) groups is 1. The number of carbonyl (C=O) groups excluding carboxylic acids is 1. The molecule has 0 heterocycles. The maximum absolute atomic E-state index is 11.1. The van der Waals surface area contributed by atoms with Crippen molar-refractivity contribution in [2.45, 2.75) is 13.8 Å². The van der Waals surface area contributed by atoms with Gasteiger partial charge in [0.25, 0.3) is 0 Å². The zero-order valence-corrected chi connectivity index (χ0v) is 8.14. The van der Waals surface area contributed by atoms with Crippen LogP contribution in [0, 0.1) is 18.3 Å². The second kappa shape index (κ2) is 3.59. The minimum Gasteiger partial charge on any atom is -0.294 e. The van der Waals surface area contributed by atoms with Crippen LogP contribution in [-0.4, -0.2) is 5.78 Å². The molecule has 0 amide bonds. The minimum absolute atomic E-state index is 0.0727. The molecule has 2 nitrogen and oxygen atoms in total. The molecule has 0 aromatic heterocycles. The lowest BCUT2D eigenvalue weighted by Gasteiger charge is -2.04. The lowest BCUT2D eigenvalue weighted by molar-refractivity contribution is 0.101. The maximum atomic E-state index is 11.1. The summed E-state index contributed by atoms with van der Waals surface area (Å²) in [6, 6.07) is 5.14. The van der Waals surface area contributed by atoms with Crippen LogP contribution < -0.4 is 0 Å². The first-order valence-corrected chi connectivity index (χ1v) is 4.15. The Hall–Kier alpha value is -1.33. The van der Waals surface area contributed by atoms with Crippen LogP contribution in [-0.2, 0) is 0 Å². The molecule has 0 N–H and O–H groups in total. The average Bonchev–Trinajstić information content (AvgIpc) is 2.08. The highest BCUT2D eigenvalue weighted by Gasteiger charge is 2.09. The van der Waals surface area contributed by atoms with Crippen molar-refractivity contribution in [1.29, 1.82) is 5.26 Å². The van der Waals surface area contributed by atoms with Gasteiger partial charge in [-0.05, 0) is 31.5 Å². The van der Waals surface area contributed by atoms with Gasteiger partial charge in [0, 0.05) is 10.6 Å². The van der Waals surface area contributed by atoms with Gasteiger partial charge in [0.05, 0.1) is 11.6 Å². The number of benzene rings is 1. The third-order valence-corrected chi connectivity index (χ3v) is 2.09. The van der Waals surface area contributed by atoms with Crippen molar-refractivity contribution in [3.05, 3.63) is 33.8 Å². The van der Waals surface area contributed by atoms with E-state index in [1.807, 2.05) is 6.07 Å². The van der Waals surface area contributed by atoms with Gasteiger partial charge in [0.1, 0.15) is 0 Å². The van der Waals surface area contributed by atoms with Gasteiger partial charge in [-0.15, -0.1) is 0 Å². The lowest BCUT2D eigenvalue weighted by Crippen LogP contribution is -1.98. The number of hydrogen-bond donors (Lipinski definition) is 0. The molecule has 0 bridgehead atoms. The Labute approximate surface area is 81.7 Å². The molecule has 0 spiro atoms. The van der Waals surface area contributed by atoms with E-state index in [9.17, 15) is 4.79 Å². The molecule has 66 valence electrons. The number of Topliss-reactive ketones (excluding diaryl/α,β-unsaturated/α-hetero) is 1. The molecule has 0 atom stereocenters. The van der Waals surface area contributed by atoms with Crippen molar-refractivity contribution in [3.63, 3.8) is 0 Å². The fourth-order valence-corrected chi connectivity index (χ4v) is 1.38. The summed E-state index contributed by atoms with van der Waals surface area (Å²) in [5.41, 5.74) is 1.67. The third-order valence-electron chi connectivity index (χ3n) is 1.87. The van der Waals surface area contributed by atoms with E-state index in [4.69, 9.17) is 16.9 Å². The van der Waals surface area contributed by atoms with Crippen molar-refractivity contribution >= 4 is 17.4 Å². The van der Waals surface area contributed by atoms with Crippen LogP contribution in [0.4, 0.5) is 0 Å². The van der Waals surface area contributed by atoms with Gasteiger partial charge in [-0.1, -0.05) is 11.6 Å². The van der Waals surface area contributed by atoms with Gasteiger partial charge in [-0.25, -0.2) is 0 Å². The highest BCUT2D eigenvalue weighted by atomic mass is 35.5. The summed E-state index contributed by atoms with van der Waals surface area (Å²) in [5.74, 6) is -0.0727. The van der Waals surface area contributed by atoms with Crippen molar-refractivity contribution < 1.29 is 4.79 Å². The van der Waals surface area contributed by atoms with Crippen LogP contribution in [0.25, 0.3) is 0 Å². The molecule has 0 unspecified atom stereocenters. The molecule has 13 heavy (non-hydrogen) atoms. The van der Waals surface area contributed by atoms with Crippen molar-refractivity contribution in [2.24, 2.45) is 0 Å². The number of ketones is 1. The maximum Gasteiger partial charge on any atom is 0.160 e. The summed E-state index contributed by atoms with van der Waals surface area (Å²) >= 11 is 5.74. The van der Waals surface area contributed by atoms with Crippen LogP contribution in [0.2, 0.25) is 5.02 Å². The molecular formula is C10H8ClNO. The first-order valence-electron chi connectivity index (χ1n) is 3.77. The molecular weight excluding hydrogens is 186 g/mol. The summed E-state index contributed by atoms with van der Waals surface area (Å²) in [4.78, 5) is 11.1. The van der Waals surface area contributed by atoms with E-state index in [1.165, 1.54) is 6.92 Å². The molecule has 0 saturated heterocycles. The Bertz CT molecular complexity index is 404. The van der Waals surface area contributed by atoms with Gasteiger partial charge in [-0.3, -0.25) is 4.79 Å². The summed E-state index contributed by atoms with van der Waals surface area (Å²) in [6.07, 6.45) is 0. The summed E-state index contributed by atoms with van der Waals surface area (Å²) in [6.45, 7) is 3.20. The average molecular weight is 194 g/mol. The van der Waals surface area contributed by atoms with E-state index in [0.717, 1.165) is 0 Å². The number of rotatable bonds is 1. The smallest absolute Gasteiger partial charge is 0.160 e. The normalized spacial score (nSPS) is 9.38.